The van der Waals surface area contributed by atoms with Gasteiger partial charge in [0, 0.05) is 19.6 Å². The molecule has 1 aromatic rings. The van der Waals surface area contributed by atoms with Gasteiger partial charge in [-0.2, -0.15) is 0 Å². The van der Waals surface area contributed by atoms with E-state index in [0.29, 0.717) is 0 Å². The van der Waals surface area contributed by atoms with E-state index in [0.717, 1.165) is 19.6 Å². The number of hydrogen-bond donors (Lipinski definition) is 1. The second-order valence-corrected chi connectivity index (χ2v) is 3.55. The molecule has 0 amide bonds. The van der Waals surface area contributed by atoms with Crippen molar-refractivity contribution in [3.05, 3.63) is 24.5 Å². The Bertz CT molecular complexity index is 381. The Hall–Kier alpha value is -1.69. The fraction of sp³-hybridized carbons (Fsp3) is 0.444. The Kier molecular flexibility index (Phi) is 2.51. The number of aromatic carboxylic acids is 1. The fourth-order valence-electron chi connectivity index (χ4n) is 1.59. The molecule has 0 aromatic carbocycles. The molecule has 1 N–H and O–H groups in total. The Balaban J connectivity index is 1.95. The quantitative estimate of drug-likeness (QED) is 0.706. The number of carbonyl (C=O) groups is 1. The van der Waals surface area contributed by atoms with Gasteiger partial charge in [-0.15, -0.1) is 11.7 Å². The molecule has 1 saturated heterocycles. The molecule has 0 spiro atoms. The lowest BCUT2D eigenvalue weighted by Gasteiger charge is -2.38. The van der Waals surface area contributed by atoms with Crippen LogP contribution in [0.5, 0.6) is 0 Å². The molecule has 0 aliphatic carbocycles. The highest BCUT2D eigenvalue weighted by Crippen LogP contribution is 2.19. The summed E-state index contributed by atoms with van der Waals surface area (Å²) in [6.45, 7) is 6.25. The fourth-order valence-corrected chi connectivity index (χ4v) is 1.59. The number of nitrogens with zero attached hydrogens (tertiary/aromatic N) is 4. The molecule has 0 bridgehead atoms. The highest BCUT2D eigenvalue weighted by Gasteiger charge is 2.28. The van der Waals surface area contributed by atoms with E-state index in [4.69, 9.17) is 5.11 Å². The second-order valence-electron chi connectivity index (χ2n) is 3.55. The molecule has 1 fully saturated rings. The molecule has 15 heavy (non-hydrogen) atoms. The van der Waals surface area contributed by atoms with Gasteiger partial charge in [0.15, 0.2) is 5.69 Å². The highest BCUT2D eigenvalue weighted by atomic mass is 16.4. The van der Waals surface area contributed by atoms with Crippen LogP contribution in [0.4, 0.5) is 0 Å². The Morgan fingerprint density at radius 2 is 2.47 bits per heavy atom. The summed E-state index contributed by atoms with van der Waals surface area (Å²) in [5.41, 5.74) is -0.00262. The SMILES string of the molecule is C=CCN1CC(n2cc(C(=O)O)nn2)C1. The third-order valence-electron chi connectivity index (χ3n) is 2.43. The molecule has 6 nitrogen and oxygen atoms in total. The first kappa shape index (κ1) is 9.85. The average Bonchev–Trinajstić information content (AvgIpc) is 2.59. The van der Waals surface area contributed by atoms with Crippen LogP contribution in [0.1, 0.15) is 16.5 Å². The molecule has 2 rings (SSSR count). The van der Waals surface area contributed by atoms with Crippen molar-refractivity contribution in [2.45, 2.75) is 6.04 Å². The summed E-state index contributed by atoms with van der Waals surface area (Å²) >= 11 is 0. The van der Waals surface area contributed by atoms with Gasteiger partial charge in [0.2, 0.25) is 0 Å². The summed E-state index contributed by atoms with van der Waals surface area (Å²) in [4.78, 5) is 12.8. The molecular formula is C9H12N4O2. The van der Waals surface area contributed by atoms with Gasteiger partial charge in [0.25, 0.3) is 0 Å². The Labute approximate surface area is 86.8 Å². The first-order valence-electron chi connectivity index (χ1n) is 4.69. The zero-order chi connectivity index (χ0) is 10.8. The van der Waals surface area contributed by atoms with E-state index in [-0.39, 0.29) is 11.7 Å². The van der Waals surface area contributed by atoms with Crippen LogP contribution < -0.4 is 0 Å². The lowest BCUT2D eigenvalue weighted by molar-refractivity contribution is 0.0690. The van der Waals surface area contributed by atoms with E-state index in [1.165, 1.54) is 6.20 Å². The predicted octanol–water partition coefficient (Wildman–Crippen LogP) is 0.0190. The van der Waals surface area contributed by atoms with Crippen molar-refractivity contribution >= 4 is 5.97 Å². The molecule has 6 heteroatoms. The normalized spacial score (nSPS) is 17.3. The van der Waals surface area contributed by atoms with Crippen molar-refractivity contribution in [3.8, 4) is 0 Å². The van der Waals surface area contributed by atoms with Crippen molar-refractivity contribution < 1.29 is 9.90 Å². The summed E-state index contributed by atoms with van der Waals surface area (Å²) in [7, 11) is 0. The van der Waals surface area contributed by atoms with Gasteiger partial charge in [-0.1, -0.05) is 11.3 Å². The van der Waals surface area contributed by atoms with E-state index in [2.05, 4.69) is 21.8 Å². The second kappa shape index (κ2) is 3.82. The van der Waals surface area contributed by atoms with Crippen molar-refractivity contribution in [3.63, 3.8) is 0 Å². The first-order chi connectivity index (χ1) is 7.20. The molecule has 1 aromatic heterocycles. The Morgan fingerprint density at radius 1 is 1.73 bits per heavy atom. The van der Waals surface area contributed by atoms with Crippen molar-refractivity contribution in [2.24, 2.45) is 0 Å². The minimum atomic E-state index is -1.04. The third kappa shape index (κ3) is 1.89. The van der Waals surface area contributed by atoms with Crippen molar-refractivity contribution in [1.82, 2.24) is 19.9 Å². The average molecular weight is 208 g/mol. The number of rotatable bonds is 4. The predicted molar refractivity (Wildman–Crippen MR) is 52.7 cm³/mol. The van der Waals surface area contributed by atoms with Crippen LogP contribution in [-0.4, -0.2) is 50.6 Å². The van der Waals surface area contributed by atoms with Gasteiger partial charge in [0.1, 0.15) is 0 Å². The van der Waals surface area contributed by atoms with E-state index in [1.54, 1.807) is 4.68 Å². The zero-order valence-electron chi connectivity index (χ0n) is 8.20. The molecule has 0 saturated carbocycles. The minimum Gasteiger partial charge on any atom is -0.476 e. The maximum atomic E-state index is 10.6. The smallest absolute Gasteiger partial charge is 0.358 e. The van der Waals surface area contributed by atoms with Gasteiger partial charge in [-0.05, 0) is 0 Å². The number of carboxylic acid groups (broad SMARTS) is 1. The van der Waals surface area contributed by atoms with E-state index >= 15 is 0 Å². The molecular weight excluding hydrogens is 196 g/mol. The van der Waals surface area contributed by atoms with Crippen LogP contribution in [0.15, 0.2) is 18.9 Å². The molecule has 0 radical (unpaired) electrons. The van der Waals surface area contributed by atoms with Crippen LogP contribution in [0.3, 0.4) is 0 Å². The number of aromatic nitrogens is 3. The molecule has 2 heterocycles. The molecule has 0 unspecified atom stereocenters. The topological polar surface area (TPSA) is 71.2 Å². The van der Waals surface area contributed by atoms with Crippen LogP contribution >= 0.6 is 0 Å². The van der Waals surface area contributed by atoms with Gasteiger partial charge >= 0.3 is 5.97 Å². The molecule has 80 valence electrons. The van der Waals surface area contributed by atoms with Crippen LogP contribution in [0, 0.1) is 0 Å². The summed E-state index contributed by atoms with van der Waals surface area (Å²) in [5, 5.41) is 16.0. The Morgan fingerprint density at radius 3 is 3.00 bits per heavy atom. The summed E-state index contributed by atoms with van der Waals surface area (Å²) in [6, 6.07) is 0.241. The standard InChI is InChI=1S/C9H12N4O2/c1-2-3-12-4-7(5-12)13-6-8(9(14)15)10-11-13/h2,6-7H,1,3-5H2,(H,14,15). The van der Waals surface area contributed by atoms with E-state index in [1.807, 2.05) is 6.08 Å². The maximum Gasteiger partial charge on any atom is 0.358 e. The van der Waals surface area contributed by atoms with Gasteiger partial charge < -0.3 is 5.11 Å². The number of hydrogen-bond acceptors (Lipinski definition) is 4. The van der Waals surface area contributed by atoms with Gasteiger partial charge in [-0.25, -0.2) is 9.48 Å². The van der Waals surface area contributed by atoms with Crippen molar-refractivity contribution in [2.75, 3.05) is 19.6 Å². The van der Waals surface area contributed by atoms with Gasteiger partial charge in [0.05, 0.1) is 12.2 Å². The summed E-state index contributed by atoms with van der Waals surface area (Å²) < 4.78 is 1.61. The molecule has 1 aliphatic heterocycles. The van der Waals surface area contributed by atoms with Crippen LogP contribution in [0.2, 0.25) is 0 Å². The largest absolute Gasteiger partial charge is 0.476 e. The number of likely N-dealkylation sites (tertiary alicyclic amines) is 1. The van der Waals surface area contributed by atoms with E-state index < -0.39 is 5.97 Å². The van der Waals surface area contributed by atoms with Crippen molar-refractivity contribution in [1.29, 1.82) is 0 Å². The lowest BCUT2D eigenvalue weighted by Crippen LogP contribution is -2.47. The summed E-state index contributed by atoms with van der Waals surface area (Å²) in [5.74, 6) is -1.04. The monoisotopic (exact) mass is 208 g/mol. The zero-order valence-corrected chi connectivity index (χ0v) is 8.20. The minimum absolute atomic E-state index is 0.00262. The summed E-state index contributed by atoms with van der Waals surface area (Å²) in [6.07, 6.45) is 3.32. The van der Waals surface area contributed by atoms with Crippen LogP contribution in [0.25, 0.3) is 0 Å². The molecule has 1 aliphatic rings. The lowest BCUT2D eigenvalue weighted by atomic mass is 10.1. The maximum absolute atomic E-state index is 10.6. The first-order valence-corrected chi connectivity index (χ1v) is 4.69. The third-order valence-corrected chi connectivity index (χ3v) is 2.43. The number of carboxylic acids is 1. The van der Waals surface area contributed by atoms with Crippen LogP contribution in [-0.2, 0) is 0 Å². The highest BCUT2D eigenvalue weighted by molar-refractivity contribution is 5.84. The molecule has 0 atom stereocenters. The van der Waals surface area contributed by atoms with Gasteiger partial charge in [-0.3, -0.25) is 4.90 Å². The van der Waals surface area contributed by atoms with E-state index in [9.17, 15) is 4.79 Å².